The predicted molar refractivity (Wildman–Crippen MR) is 42.5 cm³/mol. The summed E-state index contributed by atoms with van der Waals surface area (Å²) in [4.78, 5) is 10.8. The summed E-state index contributed by atoms with van der Waals surface area (Å²) < 4.78 is 15.1. The second-order valence-electron chi connectivity index (χ2n) is 2.44. The zero-order valence-electron chi connectivity index (χ0n) is 5.92. The maximum Gasteiger partial charge on any atom is 0.309 e. The Hall–Kier alpha value is -0.0900. The Morgan fingerprint density at radius 2 is 2.45 bits per heavy atom. The van der Waals surface area contributed by atoms with Crippen LogP contribution in [0.25, 0.3) is 0 Å². The van der Waals surface area contributed by atoms with Gasteiger partial charge in [0, 0.05) is 5.75 Å². The quantitative estimate of drug-likeness (QED) is 0.497. The Labute approximate surface area is 72.0 Å². The van der Waals surface area contributed by atoms with E-state index < -0.39 is 10.0 Å². The van der Waals surface area contributed by atoms with Crippen LogP contribution >= 0.6 is 10.7 Å². The molecule has 1 aliphatic heterocycles. The molecule has 1 rings (SSSR count). The topological polar surface area (TPSA) is 43.4 Å². The van der Waals surface area contributed by atoms with Crippen molar-refractivity contribution >= 4 is 26.7 Å². The molecule has 11 heavy (non-hydrogen) atoms. The molecule has 0 amide bonds. The SMILES string of the molecule is O=C1OCCC1CCS(=O)Cl. The minimum Gasteiger partial charge on any atom is -0.465 e. The minimum absolute atomic E-state index is 0.0716. The first-order valence-corrected chi connectivity index (χ1v) is 5.56. The number of carbonyl (C=O) groups is 1. The first-order chi connectivity index (χ1) is 5.20. The summed E-state index contributed by atoms with van der Waals surface area (Å²) in [5.74, 6) is 0.131. The van der Waals surface area contributed by atoms with E-state index in [0.717, 1.165) is 6.42 Å². The van der Waals surface area contributed by atoms with Gasteiger partial charge < -0.3 is 4.74 Å². The summed E-state index contributed by atoms with van der Waals surface area (Å²) in [5, 5.41) is 0. The second kappa shape index (κ2) is 4.07. The van der Waals surface area contributed by atoms with Crippen molar-refractivity contribution in [2.45, 2.75) is 12.8 Å². The van der Waals surface area contributed by atoms with Crippen LogP contribution in [0.4, 0.5) is 0 Å². The van der Waals surface area contributed by atoms with Gasteiger partial charge in [-0.15, -0.1) is 0 Å². The van der Waals surface area contributed by atoms with Gasteiger partial charge in [0.15, 0.2) is 0 Å². The van der Waals surface area contributed by atoms with Gasteiger partial charge in [-0.2, -0.15) is 0 Å². The van der Waals surface area contributed by atoms with Gasteiger partial charge in [-0.3, -0.25) is 4.79 Å². The molecule has 5 heteroatoms. The van der Waals surface area contributed by atoms with E-state index >= 15 is 0 Å². The molecule has 0 aromatic carbocycles. The summed E-state index contributed by atoms with van der Waals surface area (Å²) in [6.07, 6.45) is 1.32. The highest BCUT2D eigenvalue weighted by molar-refractivity contribution is 8.08. The summed E-state index contributed by atoms with van der Waals surface area (Å²) in [5.41, 5.74) is 0. The predicted octanol–water partition coefficient (Wildman–Crippen LogP) is 0.842. The molecule has 64 valence electrons. The van der Waals surface area contributed by atoms with Gasteiger partial charge in [-0.1, -0.05) is 0 Å². The van der Waals surface area contributed by atoms with E-state index in [1.165, 1.54) is 0 Å². The maximum absolute atomic E-state index is 10.8. The fourth-order valence-corrected chi connectivity index (χ4v) is 1.77. The molecule has 1 fully saturated rings. The van der Waals surface area contributed by atoms with Crippen LogP contribution < -0.4 is 0 Å². The molecule has 1 saturated heterocycles. The lowest BCUT2D eigenvalue weighted by Gasteiger charge is -2.00. The van der Waals surface area contributed by atoms with Crippen LogP contribution in [0.3, 0.4) is 0 Å². The zero-order valence-corrected chi connectivity index (χ0v) is 7.49. The standard InChI is InChI=1S/C6H9ClO3S/c7-11(9)4-2-5-1-3-10-6(5)8/h5H,1-4H2. The van der Waals surface area contributed by atoms with Crippen LogP contribution in [0.2, 0.25) is 0 Å². The van der Waals surface area contributed by atoms with Crippen LogP contribution in [-0.4, -0.2) is 22.5 Å². The molecule has 2 atom stereocenters. The molecule has 0 saturated carbocycles. The fraction of sp³-hybridized carbons (Fsp3) is 0.833. The highest BCUT2D eigenvalue weighted by Gasteiger charge is 2.26. The van der Waals surface area contributed by atoms with Crippen LogP contribution in [0.15, 0.2) is 0 Å². The third-order valence-corrected chi connectivity index (χ3v) is 2.69. The van der Waals surface area contributed by atoms with Crippen LogP contribution in [-0.2, 0) is 19.5 Å². The molecule has 0 radical (unpaired) electrons. The molecular formula is C6H9ClO3S. The van der Waals surface area contributed by atoms with Crippen molar-refractivity contribution in [2.75, 3.05) is 12.4 Å². The lowest BCUT2D eigenvalue weighted by molar-refractivity contribution is -0.141. The lowest BCUT2D eigenvalue weighted by Crippen LogP contribution is -2.09. The largest absolute Gasteiger partial charge is 0.465 e. The first-order valence-electron chi connectivity index (χ1n) is 3.41. The van der Waals surface area contributed by atoms with Crippen LogP contribution in [0.5, 0.6) is 0 Å². The molecule has 0 aromatic heterocycles. The van der Waals surface area contributed by atoms with E-state index in [-0.39, 0.29) is 11.9 Å². The van der Waals surface area contributed by atoms with E-state index in [1.54, 1.807) is 0 Å². The number of halogens is 1. The van der Waals surface area contributed by atoms with Crippen molar-refractivity contribution in [3.63, 3.8) is 0 Å². The molecule has 0 aromatic rings. The number of hydrogen-bond acceptors (Lipinski definition) is 3. The molecule has 0 aliphatic carbocycles. The average Bonchev–Trinajstić information content (AvgIpc) is 2.31. The summed E-state index contributed by atoms with van der Waals surface area (Å²) in [7, 11) is 3.91. The number of ether oxygens (including phenoxy) is 1. The van der Waals surface area contributed by atoms with Crippen molar-refractivity contribution < 1.29 is 13.7 Å². The van der Waals surface area contributed by atoms with E-state index in [1.807, 2.05) is 0 Å². The van der Waals surface area contributed by atoms with E-state index in [0.29, 0.717) is 18.8 Å². The van der Waals surface area contributed by atoms with Gasteiger partial charge in [0.05, 0.1) is 12.5 Å². The molecule has 1 aliphatic rings. The van der Waals surface area contributed by atoms with Gasteiger partial charge >= 0.3 is 5.97 Å². The molecule has 2 unspecified atom stereocenters. The highest BCUT2D eigenvalue weighted by Crippen LogP contribution is 2.18. The first kappa shape index (κ1) is 9.00. The van der Waals surface area contributed by atoms with E-state index in [4.69, 9.17) is 15.4 Å². The molecule has 3 nitrogen and oxygen atoms in total. The zero-order chi connectivity index (χ0) is 8.27. The third-order valence-electron chi connectivity index (χ3n) is 1.67. The summed E-state index contributed by atoms with van der Waals surface area (Å²) in [6, 6.07) is 0. The highest BCUT2D eigenvalue weighted by atomic mass is 35.7. The Kier molecular flexibility index (Phi) is 3.33. The van der Waals surface area contributed by atoms with Crippen molar-refractivity contribution in [1.82, 2.24) is 0 Å². The summed E-state index contributed by atoms with van der Waals surface area (Å²) in [6.45, 7) is 0.498. The number of cyclic esters (lactones) is 1. The van der Waals surface area contributed by atoms with E-state index in [9.17, 15) is 9.00 Å². The van der Waals surface area contributed by atoms with Gasteiger partial charge in [-0.05, 0) is 23.5 Å². The Morgan fingerprint density at radius 1 is 1.73 bits per heavy atom. The Morgan fingerprint density at radius 3 is 2.91 bits per heavy atom. The van der Waals surface area contributed by atoms with Gasteiger partial charge in [0.25, 0.3) is 0 Å². The molecule has 0 N–H and O–H groups in total. The van der Waals surface area contributed by atoms with Crippen LogP contribution in [0.1, 0.15) is 12.8 Å². The van der Waals surface area contributed by atoms with Crippen molar-refractivity contribution in [1.29, 1.82) is 0 Å². The van der Waals surface area contributed by atoms with Crippen molar-refractivity contribution in [3.05, 3.63) is 0 Å². The van der Waals surface area contributed by atoms with Crippen molar-refractivity contribution in [2.24, 2.45) is 5.92 Å². The second-order valence-corrected chi connectivity index (χ2v) is 4.46. The maximum atomic E-state index is 10.8. The van der Waals surface area contributed by atoms with Crippen LogP contribution in [0, 0.1) is 5.92 Å². The minimum atomic E-state index is -1.31. The molecule has 1 heterocycles. The molecule has 0 spiro atoms. The number of rotatable bonds is 3. The van der Waals surface area contributed by atoms with E-state index in [2.05, 4.69) is 0 Å². The Balaban J connectivity index is 2.26. The van der Waals surface area contributed by atoms with Gasteiger partial charge in [0.2, 0.25) is 0 Å². The molecule has 0 bridgehead atoms. The number of esters is 1. The van der Waals surface area contributed by atoms with Gasteiger partial charge in [-0.25, -0.2) is 4.21 Å². The molecular weight excluding hydrogens is 188 g/mol. The third kappa shape index (κ3) is 2.79. The average molecular weight is 197 g/mol. The Bertz CT molecular complexity index is 183. The number of carbonyl (C=O) groups excluding carboxylic acids is 1. The number of hydrogen-bond donors (Lipinski definition) is 0. The summed E-state index contributed by atoms with van der Waals surface area (Å²) >= 11 is 0. The monoisotopic (exact) mass is 196 g/mol. The normalized spacial score (nSPS) is 26.6. The van der Waals surface area contributed by atoms with Crippen molar-refractivity contribution in [3.8, 4) is 0 Å². The lowest BCUT2D eigenvalue weighted by atomic mass is 10.1. The smallest absolute Gasteiger partial charge is 0.309 e. The fourth-order valence-electron chi connectivity index (χ4n) is 1.03. The van der Waals surface area contributed by atoms with Gasteiger partial charge in [0.1, 0.15) is 10.0 Å².